The molecule has 1 saturated heterocycles. The molecule has 1 aliphatic heterocycles. The van der Waals surface area contributed by atoms with Crippen molar-refractivity contribution < 1.29 is 9.26 Å². The Hall–Kier alpha value is -1.72. The third kappa shape index (κ3) is 1.86. The summed E-state index contributed by atoms with van der Waals surface area (Å²) >= 11 is 0. The number of hydrogen-bond donors (Lipinski definition) is 1. The first-order valence-corrected chi connectivity index (χ1v) is 6.65. The predicted molar refractivity (Wildman–Crippen MR) is 67.8 cm³/mol. The molecule has 4 rings (SSSR count). The topological polar surface area (TPSA) is 60.2 Å². The molecule has 0 amide bonds. The fraction of sp³-hybridized carbons (Fsp3) is 0.429. The van der Waals surface area contributed by atoms with Crippen molar-refractivity contribution in [2.45, 2.75) is 18.4 Å². The molecule has 0 bridgehead atoms. The lowest BCUT2D eigenvalue weighted by molar-refractivity contribution is 0.0208. The third-order valence-corrected chi connectivity index (χ3v) is 3.83. The molecule has 0 radical (unpaired) electrons. The van der Waals surface area contributed by atoms with Crippen LogP contribution in [0.1, 0.15) is 34.9 Å². The molecule has 19 heavy (non-hydrogen) atoms. The summed E-state index contributed by atoms with van der Waals surface area (Å²) in [5, 5.41) is 7.33. The summed E-state index contributed by atoms with van der Waals surface area (Å²) in [5.41, 5.74) is 2.68. The molecule has 1 aromatic heterocycles. The summed E-state index contributed by atoms with van der Waals surface area (Å²) in [6, 6.07) is 8.40. The van der Waals surface area contributed by atoms with Crippen molar-refractivity contribution in [3.63, 3.8) is 0 Å². The first-order chi connectivity index (χ1) is 9.42. The number of benzene rings is 1. The monoisotopic (exact) mass is 257 g/mol. The average Bonchev–Trinajstić information content (AvgIpc) is 2.91. The second-order valence-corrected chi connectivity index (χ2v) is 5.01. The van der Waals surface area contributed by atoms with Crippen LogP contribution in [0.3, 0.4) is 0 Å². The van der Waals surface area contributed by atoms with Gasteiger partial charge in [-0.05, 0) is 17.5 Å². The van der Waals surface area contributed by atoms with Crippen LogP contribution >= 0.6 is 0 Å². The lowest BCUT2D eigenvalue weighted by Gasteiger charge is -2.26. The number of fused-ring (bicyclic) bond motifs is 1. The standard InChI is InChI=1S/C14H15N3O2/c1-2-4-10-9(3-1)7-11(10)14-16-13(17-19-14)12-8-15-5-6-18-12/h1-4,11-12,15H,5-8H2. The van der Waals surface area contributed by atoms with Crippen molar-refractivity contribution in [1.29, 1.82) is 0 Å². The van der Waals surface area contributed by atoms with Crippen LogP contribution in [-0.4, -0.2) is 29.8 Å². The zero-order valence-corrected chi connectivity index (χ0v) is 10.5. The quantitative estimate of drug-likeness (QED) is 0.881. The number of morpholine rings is 1. The second-order valence-electron chi connectivity index (χ2n) is 5.01. The maximum absolute atomic E-state index is 5.63. The number of nitrogens with zero attached hydrogens (tertiary/aromatic N) is 2. The smallest absolute Gasteiger partial charge is 0.234 e. The molecule has 1 aliphatic carbocycles. The highest BCUT2D eigenvalue weighted by atomic mass is 16.5. The Morgan fingerprint density at radius 3 is 3.05 bits per heavy atom. The highest BCUT2D eigenvalue weighted by molar-refractivity contribution is 5.43. The van der Waals surface area contributed by atoms with Crippen molar-refractivity contribution >= 4 is 0 Å². The van der Waals surface area contributed by atoms with Gasteiger partial charge in [0, 0.05) is 13.1 Å². The molecule has 98 valence electrons. The molecule has 0 saturated carbocycles. The van der Waals surface area contributed by atoms with Crippen molar-refractivity contribution in [2.75, 3.05) is 19.7 Å². The molecule has 2 unspecified atom stereocenters. The molecule has 5 heteroatoms. The van der Waals surface area contributed by atoms with Crippen LogP contribution in [0, 0.1) is 0 Å². The first-order valence-electron chi connectivity index (χ1n) is 6.65. The third-order valence-electron chi connectivity index (χ3n) is 3.83. The van der Waals surface area contributed by atoms with Crippen LogP contribution in [0.15, 0.2) is 28.8 Å². The van der Waals surface area contributed by atoms with Gasteiger partial charge in [0.1, 0.15) is 6.10 Å². The first kappa shape index (κ1) is 11.1. The maximum atomic E-state index is 5.63. The number of aromatic nitrogens is 2. The fourth-order valence-corrected chi connectivity index (χ4v) is 2.73. The van der Waals surface area contributed by atoms with Gasteiger partial charge in [-0.15, -0.1) is 0 Å². The molecule has 2 heterocycles. The van der Waals surface area contributed by atoms with Gasteiger partial charge in [0.05, 0.1) is 12.5 Å². The SMILES string of the molecule is c1ccc2c(c1)CC2c1nc(C2CNCCO2)no1. The van der Waals surface area contributed by atoms with E-state index >= 15 is 0 Å². The number of rotatable bonds is 2. The van der Waals surface area contributed by atoms with Crippen molar-refractivity contribution in [3.8, 4) is 0 Å². The van der Waals surface area contributed by atoms with Gasteiger partial charge in [-0.25, -0.2) is 0 Å². The summed E-state index contributed by atoms with van der Waals surface area (Å²) in [6.45, 7) is 2.33. The average molecular weight is 257 g/mol. The molecular weight excluding hydrogens is 242 g/mol. The van der Waals surface area contributed by atoms with Crippen LogP contribution in [0.25, 0.3) is 0 Å². The van der Waals surface area contributed by atoms with E-state index in [0.29, 0.717) is 18.3 Å². The van der Waals surface area contributed by atoms with E-state index in [9.17, 15) is 0 Å². The predicted octanol–water partition coefficient (Wildman–Crippen LogP) is 1.42. The van der Waals surface area contributed by atoms with E-state index in [-0.39, 0.29) is 12.0 Å². The number of ether oxygens (including phenoxy) is 1. The van der Waals surface area contributed by atoms with Gasteiger partial charge < -0.3 is 14.6 Å². The van der Waals surface area contributed by atoms with Gasteiger partial charge >= 0.3 is 0 Å². The number of hydrogen-bond acceptors (Lipinski definition) is 5. The lowest BCUT2D eigenvalue weighted by atomic mass is 9.77. The van der Waals surface area contributed by atoms with Gasteiger partial charge in [0.15, 0.2) is 0 Å². The summed E-state index contributed by atoms with van der Waals surface area (Å²) in [6.07, 6.45) is 0.906. The molecule has 1 fully saturated rings. The Morgan fingerprint density at radius 1 is 1.26 bits per heavy atom. The zero-order valence-electron chi connectivity index (χ0n) is 10.5. The molecular formula is C14H15N3O2. The minimum atomic E-state index is -0.0819. The maximum Gasteiger partial charge on any atom is 0.234 e. The van der Waals surface area contributed by atoms with E-state index in [1.165, 1.54) is 11.1 Å². The van der Waals surface area contributed by atoms with Crippen molar-refractivity contribution in [1.82, 2.24) is 15.5 Å². The van der Waals surface area contributed by atoms with Crippen LogP contribution in [-0.2, 0) is 11.2 Å². The Kier molecular flexibility index (Phi) is 2.60. The highest BCUT2D eigenvalue weighted by Gasteiger charge is 2.32. The highest BCUT2D eigenvalue weighted by Crippen LogP contribution is 2.39. The summed E-state index contributed by atoms with van der Waals surface area (Å²) < 4.78 is 11.0. The fourth-order valence-electron chi connectivity index (χ4n) is 2.73. The van der Waals surface area contributed by atoms with E-state index in [1.54, 1.807) is 0 Å². The Labute approximate surface area is 111 Å². The van der Waals surface area contributed by atoms with Crippen LogP contribution in [0.4, 0.5) is 0 Å². The Morgan fingerprint density at radius 2 is 2.21 bits per heavy atom. The van der Waals surface area contributed by atoms with Crippen LogP contribution in [0.5, 0.6) is 0 Å². The second kappa shape index (κ2) is 4.43. The zero-order chi connectivity index (χ0) is 12.7. The normalized spacial score (nSPS) is 25.7. The molecule has 2 atom stereocenters. The molecule has 2 aliphatic rings. The minimum Gasteiger partial charge on any atom is -0.367 e. The summed E-state index contributed by atoms with van der Waals surface area (Å²) in [5.74, 6) is 1.63. The van der Waals surface area contributed by atoms with E-state index in [1.807, 2.05) is 0 Å². The minimum absolute atomic E-state index is 0.0819. The van der Waals surface area contributed by atoms with E-state index in [4.69, 9.17) is 9.26 Å². The lowest BCUT2D eigenvalue weighted by Crippen LogP contribution is -2.33. The van der Waals surface area contributed by atoms with Gasteiger partial charge in [-0.3, -0.25) is 0 Å². The van der Waals surface area contributed by atoms with E-state index in [2.05, 4.69) is 39.7 Å². The summed E-state index contributed by atoms with van der Waals surface area (Å²) in [4.78, 5) is 4.51. The van der Waals surface area contributed by atoms with E-state index < -0.39 is 0 Å². The Balaban J connectivity index is 1.56. The molecule has 0 spiro atoms. The molecule has 1 N–H and O–H groups in total. The van der Waals surface area contributed by atoms with Gasteiger partial charge in [0.2, 0.25) is 11.7 Å². The Bertz CT molecular complexity index is 590. The van der Waals surface area contributed by atoms with Crippen LogP contribution < -0.4 is 5.32 Å². The van der Waals surface area contributed by atoms with E-state index in [0.717, 1.165) is 19.5 Å². The largest absolute Gasteiger partial charge is 0.367 e. The molecule has 5 nitrogen and oxygen atoms in total. The van der Waals surface area contributed by atoms with Gasteiger partial charge in [-0.1, -0.05) is 29.4 Å². The molecule has 1 aromatic carbocycles. The number of nitrogens with one attached hydrogen (secondary N) is 1. The van der Waals surface area contributed by atoms with Crippen LogP contribution in [0.2, 0.25) is 0 Å². The van der Waals surface area contributed by atoms with Crippen molar-refractivity contribution in [2.24, 2.45) is 0 Å². The molecule has 2 aromatic rings. The van der Waals surface area contributed by atoms with Gasteiger partial charge in [0.25, 0.3) is 0 Å². The summed E-state index contributed by atoms with van der Waals surface area (Å²) in [7, 11) is 0. The van der Waals surface area contributed by atoms with Crippen molar-refractivity contribution in [3.05, 3.63) is 47.1 Å². The van der Waals surface area contributed by atoms with Gasteiger partial charge in [-0.2, -0.15) is 4.98 Å².